The molecule has 6 atom stereocenters. The number of unbranched alkanes of at least 4 members (excludes halogenated alkanes) is 17. The average Bonchev–Trinajstić information content (AvgIpc) is 4.33. The van der Waals surface area contributed by atoms with Gasteiger partial charge in [-0.05, 0) is 6.42 Å². The van der Waals surface area contributed by atoms with Crippen LogP contribution in [0.2, 0.25) is 0 Å². The summed E-state index contributed by atoms with van der Waals surface area (Å²) in [4.78, 5) is 125. The molecule has 6 amide bonds. The maximum Gasteiger partial charge on any atom is 0.243 e. The monoisotopic (exact) mass is 1120 g/mol. The van der Waals surface area contributed by atoms with Crippen molar-refractivity contribution in [2.45, 2.75) is 204 Å². The molecule has 6 heterocycles. The van der Waals surface area contributed by atoms with Crippen LogP contribution in [0.1, 0.15) is 164 Å². The van der Waals surface area contributed by atoms with Gasteiger partial charge in [0.15, 0.2) is 0 Å². The standard InChI is InChI=1S/C57H86N18O6/c1-2-3-4-5-6-7-8-9-10-11-12-13-14-15-16-17-18-19-22-65-53(77)47(26-42-31-60-36-67-42)72-56(80)50(28-44-33-62-38-69-44)74-54(78)48(25-40-21-20-23-64-40)73-57(81)51(29-45-34-63-39-70-45)75-55(79)49(27-43-32-61-37-68-43)71-52(76)46(58)24-41-30-59-35-66-41/h21,23,30-39,46-51H,2-20,22,24-29,58H2,1H3,(H,59,66)(H,60,67)(H,61,68)(H,62,69)(H,63,70)(H,65,77)(H,71,76)(H,72,80)(H,73,81)(H,74,78)(H,75,79)/t46-,47-,48-,49-,50-,51-/m0/s1. The maximum absolute atomic E-state index is 14.6. The first-order valence-corrected chi connectivity index (χ1v) is 29.2. The van der Waals surface area contributed by atoms with Gasteiger partial charge in [-0.25, -0.2) is 24.9 Å². The number of nitrogens with two attached hydrogens (primary N) is 1. The van der Waals surface area contributed by atoms with Crippen molar-refractivity contribution in [1.29, 1.82) is 0 Å². The second-order valence-corrected chi connectivity index (χ2v) is 21.1. The molecule has 5 aromatic heterocycles. The summed E-state index contributed by atoms with van der Waals surface area (Å²) in [5.74, 6) is -3.90. The van der Waals surface area contributed by atoms with Gasteiger partial charge in [0.05, 0.1) is 37.7 Å². The number of carbonyl (C=O) groups is 6. The van der Waals surface area contributed by atoms with Gasteiger partial charge in [0, 0.05) is 123 Å². The fraction of sp³-hybridized carbons (Fsp3) is 0.579. The summed E-state index contributed by atoms with van der Waals surface area (Å²) >= 11 is 0. The van der Waals surface area contributed by atoms with E-state index in [1.165, 1.54) is 140 Å². The van der Waals surface area contributed by atoms with Crippen LogP contribution in [0, 0.1) is 0 Å². The van der Waals surface area contributed by atoms with Crippen LogP contribution >= 0.6 is 0 Å². The first-order chi connectivity index (χ1) is 39.5. The van der Waals surface area contributed by atoms with E-state index in [4.69, 9.17) is 5.73 Å². The van der Waals surface area contributed by atoms with Gasteiger partial charge >= 0.3 is 0 Å². The molecule has 0 radical (unpaired) electrons. The van der Waals surface area contributed by atoms with Crippen molar-refractivity contribution in [1.82, 2.24) is 81.7 Å². The SMILES string of the molecule is CCCCCCCCCCCCCCCCCCCCNC(=O)[C@H](Cc1cnc[nH]1)NC(=O)[C@H](Cc1cnc[nH]1)NC(=O)[C@H](CC1=CCC=N1)NC(=O)[C@H](Cc1cnc[nH]1)NC(=O)[C@H](Cc1cnc[nH]1)NC(=O)[C@@H](N)Cc1cnc[nH]1. The zero-order chi connectivity index (χ0) is 57.3. The fourth-order valence-corrected chi connectivity index (χ4v) is 9.72. The molecule has 81 heavy (non-hydrogen) atoms. The molecule has 0 aromatic carbocycles. The minimum Gasteiger partial charge on any atom is -0.354 e. The van der Waals surface area contributed by atoms with E-state index in [1.807, 2.05) is 6.08 Å². The summed E-state index contributed by atoms with van der Waals surface area (Å²) in [5, 5.41) is 17.0. The van der Waals surface area contributed by atoms with Gasteiger partial charge < -0.3 is 62.6 Å². The van der Waals surface area contributed by atoms with E-state index in [0.717, 1.165) is 25.7 Å². The van der Waals surface area contributed by atoms with Gasteiger partial charge in [-0.1, -0.05) is 122 Å². The molecule has 0 unspecified atom stereocenters. The number of hydrogen-bond acceptors (Lipinski definition) is 13. The van der Waals surface area contributed by atoms with E-state index in [1.54, 1.807) is 18.6 Å². The largest absolute Gasteiger partial charge is 0.354 e. The van der Waals surface area contributed by atoms with E-state index in [-0.39, 0.29) is 44.4 Å². The van der Waals surface area contributed by atoms with Gasteiger partial charge in [0.25, 0.3) is 0 Å². The smallest absolute Gasteiger partial charge is 0.243 e. The lowest BCUT2D eigenvalue weighted by atomic mass is 10.0. The summed E-state index contributed by atoms with van der Waals surface area (Å²) in [7, 11) is 0. The molecule has 6 rings (SSSR count). The highest BCUT2D eigenvalue weighted by Crippen LogP contribution is 2.17. The first-order valence-electron chi connectivity index (χ1n) is 29.2. The molecule has 0 saturated heterocycles. The number of H-pyrrole nitrogens is 5. The Morgan fingerprint density at radius 1 is 0.420 bits per heavy atom. The third-order valence-electron chi connectivity index (χ3n) is 14.4. The van der Waals surface area contributed by atoms with Crippen molar-refractivity contribution >= 4 is 41.7 Å². The number of aliphatic imine (C=N–C) groups is 1. The molecule has 0 bridgehead atoms. The molecule has 440 valence electrons. The minimum absolute atomic E-state index is 0.0340. The third-order valence-corrected chi connectivity index (χ3v) is 14.4. The Bertz CT molecular complexity index is 2620. The maximum atomic E-state index is 14.6. The highest BCUT2D eigenvalue weighted by molar-refractivity contribution is 5.97. The van der Waals surface area contributed by atoms with Crippen LogP contribution in [0.5, 0.6) is 0 Å². The van der Waals surface area contributed by atoms with Crippen molar-refractivity contribution in [3.8, 4) is 0 Å². The number of hydrogen-bond donors (Lipinski definition) is 12. The number of aromatic amines is 5. The molecule has 0 fully saturated rings. The highest BCUT2D eigenvalue weighted by Gasteiger charge is 2.35. The van der Waals surface area contributed by atoms with Crippen LogP contribution in [0.25, 0.3) is 0 Å². The molecule has 0 spiro atoms. The number of allylic oxidation sites excluding steroid dienone is 1. The Morgan fingerprint density at radius 2 is 0.728 bits per heavy atom. The Labute approximate surface area is 474 Å². The molecule has 0 aliphatic carbocycles. The lowest BCUT2D eigenvalue weighted by molar-refractivity contribution is -0.135. The molecule has 5 aromatic rings. The predicted octanol–water partition coefficient (Wildman–Crippen LogP) is 4.47. The van der Waals surface area contributed by atoms with E-state index >= 15 is 0 Å². The Morgan fingerprint density at radius 3 is 1.05 bits per heavy atom. The summed E-state index contributed by atoms with van der Waals surface area (Å²) in [6.07, 6.45) is 41.5. The van der Waals surface area contributed by atoms with Crippen molar-refractivity contribution in [3.63, 3.8) is 0 Å². The van der Waals surface area contributed by atoms with Gasteiger partial charge in [-0.15, -0.1) is 0 Å². The molecular formula is C57H86N18O6. The Kier molecular flexibility index (Phi) is 27.6. The molecule has 1 aliphatic rings. The van der Waals surface area contributed by atoms with Gasteiger partial charge in [-0.2, -0.15) is 0 Å². The number of imidazole rings is 5. The predicted molar refractivity (Wildman–Crippen MR) is 307 cm³/mol. The summed E-state index contributed by atoms with van der Waals surface area (Å²) in [6.45, 7) is 2.70. The minimum atomic E-state index is -1.33. The van der Waals surface area contributed by atoms with Crippen LogP contribution < -0.4 is 37.6 Å². The molecular weight excluding hydrogens is 1030 g/mol. The number of carbonyl (C=O) groups excluding carboxylic acids is 6. The van der Waals surface area contributed by atoms with Crippen LogP contribution in [0.4, 0.5) is 0 Å². The van der Waals surface area contributed by atoms with Crippen LogP contribution in [-0.2, 0) is 60.9 Å². The van der Waals surface area contributed by atoms with Crippen molar-refractivity contribution < 1.29 is 28.8 Å². The summed E-state index contributed by atoms with van der Waals surface area (Å²) in [5.41, 5.74) is 9.52. The molecule has 24 nitrogen and oxygen atoms in total. The second-order valence-electron chi connectivity index (χ2n) is 21.1. The third kappa shape index (κ3) is 23.5. The Hall–Kier alpha value is -7.76. The molecule has 24 heteroatoms. The topological polar surface area (TPSA) is 356 Å². The van der Waals surface area contributed by atoms with Gasteiger partial charge in [0.2, 0.25) is 35.4 Å². The molecule has 13 N–H and O–H groups in total. The number of aromatic nitrogens is 10. The number of rotatable bonds is 42. The number of nitrogens with zero attached hydrogens (tertiary/aromatic N) is 6. The Balaban J connectivity index is 1.05. The number of nitrogens with one attached hydrogen (secondary N) is 11. The summed E-state index contributed by atoms with van der Waals surface area (Å²) < 4.78 is 0. The van der Waals surface area contributed by atoms with E-state index < -0.39 is 65.8 Å². The van der Waals surface area contributed by atoms with Crippen LogP contribution in [0.3, 0.4) is 0 Å². The van der Waals surface area contributed by atoms with Crippen LogP contribution in [-0.4, -0.2) is 134 Å². The lowest BCUT2D eigenvalue weighted by Crippen LogP contribution is -2.60. The zero-order valence-electron chi connectivity index (χ0n) is 47.0. The second kappa shape index (κ2) is 35.8. The van der Waals surface area contributed by atoms with E-state index in [2.05, 4.69) is 93.7 Å². The quantitative estimate of drug-likeness (QED) is 0.0241. The average molecular weight is 1120 g/mol. The molecule has 1 aliphatic heterocycles. The first kappa shape index (κ1) is 62.4. The fourth-order valence-electron chi connectivity index (χ4n) is 9.72. The lowest BCUT2D eigenvalue weighted by Gasteiger charge is -2.27. The number of amides is 6. The highest BCUT2D eigenvalue weighted by atomic mass is 16.2. The van der Waals surface area contributed by atoms with Gasteiger partial charge in [0.1, 0.15) is 30.2 Å². The summed E-state index contributed by atoms with van der Waals surface area (Å²) in [6, 6.07) is -7.23. The van der Waals surface area contributed by atoms with E-state index in [9.17, 15) is 28.8 Å². The normalized spacial score (nSPS) is 14.3. The van der Waals surface area contributed by atoms with Gasteiger partial charge in [-0.3, -0.25) is 33.8 Å². The van der Waals surface area contributed by atoms with Crippen molar-refractivity contribution in [2.75, 3.05) is 6.54 Å². The molecule has 0 saturated carbocycles. The van der Waals surface area contributed by atoms with E-state index in [0.29, 0.717) is 47.1 Å². The zero-order valence-corrected chi connectivity index (χ0v) is 47.0. The van der Waals surface area contributed by atoms with Crippen LogP contribution in [0.15, 0.2) is 79.4 Å². The van der Waals surface area contributed by atoms with Crippen molar-refractivity contribution in [2.24, 2.45) is 10.7 Å². The van der Waals surface area contributed by atoms with Crippen molar-refractivity contribution in [3.05, 3.63) is 103 Å².